The van der Waals surface area contributed by atoms with E-state index >= 15 is 0 Å². The van der Waals surface area contributed by atoms with E-state index in [9.17, 15) is 9.59 Å². The Hall–Kier alpha value is -4.12. The number of rotatable bonds is 13. The summed E-state index contributed by atoms with van der Waals surface area (Å²) in [6.07, 6.45) is 8.65. The second-order valence-electron chi connectivity index (χ2n) is 13.8. The molecule has 12 heteroatoms. The highest BCUT2D eigenvalue weighted by Gasteiger charge is 2.54. The molecular weight excluding hydrogens is 675 g/mol. The monoisotopic (exact) mass is 712 g/mol. The first-order valence-corrected chi connectivity index (χ1v) is 18.0. The minimum absolute atomic E-state index is 0.201. The number of carbonyl (C=O) groups is 2. The van der Waals surface area contributed by atoms with Crippen LogP contribution in [0.15, 0.2) is 48.8 Å². The van der Waals surface area contributed by atoms with Crippen LogP contribution in [0.4, 0.5) is 0 Å². The Morgan fingerprint density at radius 2 is 1.42 bits per heavy atom. The van der Waals surface area contributed by atoms with E-state index in [1.165, 1.54) is 0 Å². The van der Waals surface area contributed by atoms with Gasteiger partial charge < -0.3 is 20.1 Å². The number of hydrogen-bond donors (Lipinski definition) is 2. The Morgan fingerprint density at radius 3 is 1.96 bits per heavy atom. The Balaban J connectivity index is 0.985. The molecule has 1 aliphatic heterocycles. The highest BCUT2D eigenvalue weighted by molar-refractivity contribution is 6.39. The van der Waals surface area contributed by atoms with Crippen LogP contribution in [0.2, 0.25) is 10.0 Å². The third kappa shape index (κ3) is 6.22. The number of fused-ring (bicyclic) bond motifs is 2. The Kier molecular flexibility index (Phi) is 8.95. The van der Waals surface area contributed by atoms with E-state index in [0.29, 0.717) is 98.9 Å². The summed E-state index contributed by atoms with van der Waals surface area (Å²) in [5.41, 5.74) is 5.50. The molecule has 2 N–H and O–H groups in total. The fourth-order valence-electron chi connectivity index (χ4n) is 7.95. The van der Waals surface area contributed by atoms with E-state index in [1.54, 1.807) is 26.6 Å². The van der Waals surface area contributed by atoms with Crippen molar-refractivity contribution in [1.29, 1.82) is 0 Å². The molecule has 3 heterocycles. The predicted molar refractivity (Wildman–Crippen MR) is 190 cm³/mol. The van der Waals surface area contributed by atoms with Gasteiger partial charge in [0.2, 0.25) is 17.7 Å². The van der Waals surface area contributed by atoms with Gasteiger partial charge in [0.15, 0.2) is 0 Å². The Labute approximate surface area is 300 Å². The smallest absolute Gasteiger partial charge is 0.237 e. The molecule has 4 aliphatic rings. The Morgan fingerprint density at radius 1 is 0.820 bits per heavy atom. The second-order valence-corrected chi connectivity index (χ2v) is 14.6. The van der Waals surface area contributed by atoms with Crippen molar-refractivity contribution in [2.75, 3.05) is 20.8 Å². The van der Waals surface area contributed by atoms with Gasteiger partial charge in [-0.2, -0.15) is 0 Å². The topological polar surface area (TPSA) is 128 Å². The first kappa shape index (κ1) is 33.0. The summed E-state index contributed by atoms with van der Waals surface area (Å²) in [6.45, 7) is 1.27. The molecule has 2 aromatic heterocycles. The minimum Gasteiger partial charge on any atom is -0.480 e. The van der Waals surface area contributed by atoms with Crippen molar-refractivity contribution in [2.24, 2.45) is 29.6 Å². The van der Waals surface area contributed by atoms with E-state index in [-0.39, 0.29) is 17.9 Å². The summed E-state index contributed by atoms with van der Waals surface area (Å²) in [5, 5.41) is 7.53. The van der Waals surface area contributed by atoms with Crippen molar-refractivity contribution < 1.29 is 19.1 Å². The van der Waals surface area contributed by atoms with Crippen molar-refractivity contribution >= 4 is 34.9 Å². The second kappa shape index (κ2) is 13.5. The first-order valence-electron chi connectivity index (χ1n) is 17.3. The number of aryl methyl sites for hydroxylation is 1. The minimum atomic E-state index is 0.201. The molecule has 8 rings (SSSR count). The lowest BCUT2D eigenvalue weighted by molar-refractivity contribution is -0.121. The summed E-state index contributed by atoms with van der Waals surface area (Å²) in [5.74, 6) is 3.47. The van der Waals surface area contributed by atoms with Gasteiger partial charge in [-0.05, 0) is 56.4 Å². The number of hydrogen-bond acceptors (Lipinski definition) is 9. The van der Waals surface area contributed by atoms with Crippen molar-refractivity contribution in [3.63, 3.8) is 0 Å². The molecule has 0 bridgehead atoms. The number of Topliss-reactive ketones (excluding diaryl/α,β-unsaturated/α-hetero) is 1. The first-order chi connectivity index (χ1) is 24.3. The maximum Gasteiger partial charge on any atom is 0.237 e. The molecule has 10 nitrogen and oxygen atoms in total. The van der Waals surface area contributed by atoms with Crippen molar-refractivity contribution in [3.05, 3.63) is 70.2 Å². The highest BCUT2D eigenvalue weighted by Crippen LogP contribution is 2.53. The molecule has 0 spiro atoms. The number of carbonyl (C=O) groups excluding carboxylic acids is 2. The molecule has 1 saturated heterocycles. The molecule has 50 heavy (non-hydrogen) atoms. The zero-order chi connectivity index (χ0) is 34.5. The maximum absolute atomic E-state index is 12.0. The van der Waals surface area contributed by atoms with Crippen molar-refractivity contribution in [2.45, 2.75) is 51.1 Å². The number of methoxy groups -OCH3 is 2. The van der Waals surface area contributed by atoms with Crippen molar-refractivity contribution in [1.82, 2.24) is 30.6 Å². The molecule has 0 radical (unpaired) electrons. The van der Waals surface area contributed by atoms with Crippen LogP contribution < -0.4 is 20.1 Å². The lowest BCUT2D eigenvalue weighted by atomic mass is 9.98. The number of nitrogens with one attached hydrogen (secondary N) is 2. The van der Waals surface area contributed by atoms with Crippen LogP contribution in [0.1, 0.15) is 43.5 Å². The number of ketones is 1. The lowest BCUT2D eigenvalue weighted by Crippen LogP contribution is -2.30. The van der Waals surface area contributed by atoms with Crippen LogP contribution in [-0.2, 0) is 22.6 Å². The van der Waals surface area contributed by atoms with E-state index in [1.807, 2.05) is 36.4 Å². The molecule has 258 valence electrons. The fourth-order valence-corrected chi connectivity index (χ4v) is 8.60. The molecule has 3 aliphatic carbocycles. The van der Waals surface area contributed by atoms with E-state index in [2.05, 4.69) is 15.6 Å². The van der Waals surface area contributed by atoms with E-state index in [4.69, 9.17) is 47.6 Å². The van der Waals surface area contributed by atoms with Crippen LogP contribution in [0.25, 0.3) is 33.6 Å². The zero-order valence-corrected chi connectivity index (χ0v) is 29.4. The van der Waals surface area contributed by atoms with Gasteiger partial charge in [0.1, 0.15) is 17.2 Å². The molecule has 1 amide bonds. The Bertz CT molecular complexity index is 1850. The number of piperidine rings is 1. The molecule has 3 saturated carbocycles. The van der Waals surface area contributed by atoms with Crippen molar-refractivity contribution in [3.8, 4) is 45.4 Å². The quantitative estimate of drug-likeness (QED) is 0.163. The lowest BCUT2D eigenvalue weighted by Gasteiger charge is -2.16. The van der Waals surface area contributed by atoms with E-state index < -0.39 is 0 Å². The average Bonchev–Trinajstić information content (AvgIpc) is 4.05. The van der Waals surface area contributed by atoms with Gasteiger partial charge in [0.05, 0.1) is 48.0 Å². The normalized spacial score (nSPS) is 24.5. The summed E-state index contributed by atoms with van der Waals surface area (Å²) >= 11 is 14.2. The van der Waals surface area contributed by atoms with Gasteiger partial charge in [-0.15, -0.1) is 0 Å². The molecule has 0 unspecified atom stereocenters. The number of amides is 1. The van der Waals surface area contributed by atoms with Crippen LogP contribution in [0.5, 0.6) is 11.8 Å². The van der Waals surface area contributed by atoms with Crippen LogP contribution in [0, 0.1) is 29.6 Å². The predicted octanol–water partition coefficient (Wildman–Crippen LogP) is 6.36. The molecule has 2 aromatic carbocycles. The fraction of sp³-hybridized carbons (Fsp3) is 0.421. The van der Waals surface area contributed by atoms with Gasteiger partial charge in [-0.1, -0.05) is 59.6 Å². The van der Waals surface area contributed by atoms with Gasteiger partial charge in [-0.3, -0.25) is 19.6 Å². The largest absolute Gasteiger partial charge is 0.480 e. The summed E-state index contributed by atoms with van der Waals surface area (Å²) in [6, 6.07) is 11.7. The number of ether oxygens (including phenoxy) is 2. The standard InChI is InChI=1S/C38H38Cl2N6O4/c1-49-37-29(11-5-10-28-25-14-27(25)36(48)44-28)42-17-30(45-37)22-8-3-6-20(34(22)39)21-7-4-9-23(35(21)40)31-18-43-32(38(46-31)50-2)16-41-15-19-12-33(47)26-13-24(19)26/h3-4,6-9,17-19,24-28,41H,5,10-16H2,1-2H3,(H,44,48)/t19-,24-,25+,26-,27-,28-/m1/s1. The number of benzene rings is 2. The van der Waals surface area contributed by atoms with Crippen LogP contribution >= 0.6 is 23.2 Å². The average molecular weight is 714 g/mol. The third-order valence-electron chi connectivity index (χ3n) is 10.8. The van der Waals surface area contributed by atoms with Gasteiger partial charge in [0.25, 0.3) is 0 Å². The summed E-state index contributed by atoms with van der Waals surface area (Å²) in [7, 11) is 3.17. The third-order valence-corrected chi connectivity index (χ3v) is 11.6. The van der Waals surface area contributed by atoms with Gasteiger partial charge in [0, 0.05) is 53.1 Å². The van der Waals surface area contributed by atoms with E-state index in [0.717, 1.165) is 49.0 Å². The number of nitrogens with zero attached hydrogens (tertiary/aromatic N) is 4. The molecule has 4 fully saturated rings. The summed E-state index contributed by atoms with van der Waals surface area (Å²) in [4.78, 5) is 42.8. The van der Waals surface area contributed by atoms with Crippen LogP contribution in [0.3, 0.4) is 0 Å². The van der Waals surface area contributed by atoms with Crippen LogP contribution in [-0.4, -0.2) is 58.4 Å². The number of aromatic nitrogens is 4. The van der Waals surface area contributed by atoms with Gasteiger partial charge in [-0.25, -0.2) is 9.97 Å². The molecule has 4 aromatic rings. The molecular formula is C38H38Cl2N6O4. The molecule has 6 atom stereocenters. The number of halogens is 2. The van der Waals surface area contributed by atoms with Gasteiger partial charge >= 0.3 is 0 Å². The zero-order valence-electron chi connectivity index (χ0n) is 27.9. The maximum atomic E-state index is 12.0. The highest BCUT2D eigenvalue weighted by atomic mass is 35.5. The SMILES string of the molecule is COc1nc(-c2cccc(-c3cccc(-c4cnc(CNC[C@H]5CC(=O)[C@@H]6C[C@H]56)c(OC)n4)c3Cl)c2Cl)cnc1CCC[C@H]1NC(=O)[C@@H]2C[C@H]12. The summed E-state index contributed by atoms with van der Waals surface area (Å²) < 4.78 is 11.3.